The van der Waals surface area contributed by atoms with Gasteiger partial charge in [0.05, 0.1) is 28.6 Å². The molecule has 2 aliphatic rings. The predicted octanol–water partition coefficient (Wildman–Crippen LogP) is 3.11. The molecule has 3 N–H and O–H groups in total. The van der Waals surface area contributed by atoms with Gasteiger partial charge in [0.25, 0.3) is 0 Å². The molecule has 4 rings (SSSR count). The third-order valence-corrected chi connectivity index (χ3v) is 10.4. The molecular formula is C28H35F2N3O6S2. The second-order valence-electron chi connectivity index (χ2n) is 10.6. The molecule has 2 aromatic rings. The maximum absolute atomic E-state index is 13.9. The molecule has 1 fully saturated rings. The van der Waals surface area contributed by atoms with Gasteiger partial charge >= 0.3 is 0 Å². The lowest BCUT2D eigenvalue weighted by Crippen LogP contribution is -2.51. The number of hydrogen-bond donors (Lipinski definition) is 2. The molecule has 0 bridgehead atoms. The molecule has 0 radical (unpaired) electrons. The smallest absolute Gasteiger partial charge is 0.242 e. The number of nitrogens with one attached hydrogen (secondary N) is 1. The summed E-state index contributed by atoms with van der Waals surface area (Å²) in [6.45, 7) is 1.42. The molecule has 0 unspecified atom stereocenters. The fraction of sp³-hybridized carbons (Fsp3) is 0.464. The molecule has 1 saturated carbocycles. The van der Waals surface area contributed by atoms with Gasteiger partial charge in [-0.05, 0) is 61.2 Å². The predicted molar refractivity (Wildman–Crippen MR) is 151 cm³/mol. The summed E-state index contributed by atoms with van der Waals surface area (Å²) in [6, 6.07) is 7.54. The van der Waals surface area contributed by atoms with Gasteiger partial charge in [-0.15, -0.1) is 0 Å². The lowest BCUT2D eigenvalue weighted by Gasteiger charge is -2.37. The van der Waals surface area contributed by atoms with Gasteiger partial charge < -0.3 is 15.4 Å². The van der Waals surface area contributed by atoms with Crippen molar-refractivity contribution in [3.05, 3.63) is 70.8 Å². The zero-order chi connectivity index (χ0) is 30.0. The maximum Gasteiger partial charge on any atom is 0.242 e. The Kier molecular flexibility index (Phi) is 9.34. The summed E-state index contributed by atoms with van der Waals surface area (Å²) >= 11 is 0. The number of sulfonamides is 1. The van der Waals surface area contributed by atoms with Gasteiger partial charge in [-0.2, -0.15) is 0 Å². The first-order chi connectivity index (χ1) is 19.3. The van der Waals surface area contributed by atoms with Gasteiger partial charge in [-0.25, -0.2) is 30.3 Å². The minimum Gasteiger partial charge on any atom is -0.374 e. The van der Waals surface area contributed by atoms with Crippen LogP contribution < -0.4 is 10.5 Å². The van der Waals surface area contributed by atoms with Crippen molar-refractivity contribution in [2.24, 2.45) is 5.73 Å². The summed E-state index contributed by atoms with van der Waals surface area (Å²) in [5.41, 5.74) is 6.13. The van der Waals surface area contributed by atoms with E-state index in [1.54, 1.807) is 6.92 Å². The van der Waals surface area contributed by atoms with E-state index in [1.165, 1.54) is 29.2 Å². The quantitative estimate of drug-likeness (QED) is 0.422. The third-order valence-electron chi connectivity index (χ3n) is 7.62. The average Bonchev–Trinajstić information content (AvgIpc) is 3.13. The van der Waals surface area contributed by atoms with Crippen LogP contribution in [0, 0.1) is 11.6 Å². The van der Waals surface area contributed by atoms with Gasteiger partial charge in [-0.1, -0.05) is 31.4 Å². The monoisotopic (exact) mass is 611 g/mol. The van der Waals surface area contributed by atoms with Gasteiger partial charge in [0, 0.05) is 24.9 Å². The molecular weight excluding hydrogens is 576 g/mol. The SMILES string of the molecule is CCN(CC1=C(c2ccc(S(C)(=O)=O)cc2)S(=O)(=O)NC12CCCCC2)C(=O)[C@H](N)COCc1cc(F)ccc1F. The van der Waals surface area contributed by atoms with E-state index in [-0.39, 0.29) is 41.7 Å². The molecule has 0 saturated heterocycles. The highest BCUT2D eigenvalue weighted by atomic mass is 32.2. The van der Waals surface area contributed by atoms with Crippen molar-refractivity contribution in [3.8, 4) is 0 Å². The summed E-state index contributed by atoms with van der Waals surface area (Å²) in [4.78, 5) is 14.9. The summed E-state index contributed by atoms with van der Waals surface area (Å²) in [5.74, 6) is -1.74. The number of sulfone groups is 1. The molecule has 13 heteroatoms. The van der Waals surface area contributed by atoms with Crippen LogP contribution in [-0.2, 0) is 36.0 Å². The molecule has 224 valence electrons. The largest absolute Gasteiger partial charge is 0.374 e. The maximum atomic E-state index is 13.9. The molecule has 1 aliphatic heterocycles. The number of likely N-dealkylation sites (N-methyl/N-ethyl adjacent to an activating group) is 1. The van der Waals surface area contributed by atoms with Crippen LogP contribution in [0.5, 0.6) is 0 Å². The Morgan fingerprint density at radius 2 is 1.78 bits per heavy atom. The summed E-state index contributed by atoms with van der Waals surface area (Å²) in [7, 11) is -7.46. The van der Waals surface area contributed by atoms with Crippen molar-refractivity contribution < 1.29 is 35.1 Å². The number of carbonyl (C=O) groups excluding carboxylic acids is 1. The zero-order valence-corrected chi connectivity index (χ0v) is 24.7. The normalized spacial score (nSPS) is 19.0. The highest BCUT2D eigenvalue weighted by Crippen LogP contribution is 2.46. The topological polar surface area (TPSA) is 136 Å². The van der Waals surface area contributed by atoms with E-state index in [2.05, 4.69) is 4.72 Å². The van der Waals surface area contributed by atoms with Crippen molar-refractivity contribution in [1.82, 2.24) is 9.62 Å². The summed E-state index contributed by atoms with van der Waals surface area (Å²) in [6.07, 6.45) is 4.76. The minimum absolute atomic E-state index is 0.00448. The Morgan fingerprint density at radius 1 is 1.12 bits per heavy atom. The molecule has 2 aromatic carbocycles. The molecule has 0 aromatic heterocycles. The van der Waals surface area contributed by atoms with E-state index < -0.39 is 49.0 Å². The highest BCUT2D eigenvalue weighted by Gasteiger charge is 2.49. The van der Waals surface area contributed by atoms with Crippen LogP contribution in [0.2, 0.25) is 0 Å². The summed E-state index contributed by atoms with van der Waals surface area (Å²) in [5, 5.41) is 0. The van der Waals surface area contributed by atoms with Crippen molar-refractivity contribution in [1.29, 1.82) is 0 Å². The number of ether oxygens (including phenoxy) is 1. The van der Waals surface area contributed by atoms with E-state index in [1.807, 2.05) is 0 Å². The number of nitrogens with two attached hydrogens (primary N) is 1. The van der Waals surface area contributed by atoms with Gasteiger partial charge in [-0.3, -0.25) is 4.79 Å². The van der Waals surface area contributed by atoms with E-state index in [4.69, 9.17) is 10.5 Å². The molecule has 41 heavy (non-hydrogen) atoms. The number of amides is 1. The average molecular weight is 612 g/mol. The number of hydrogen-bond acceptors (Lipinski definition) is 7. The number of benzene rings is 2. The molecule has 9 nitrogen and oxygen atoms in total. The van der Waals surface area contributed by atoms with Crippen LogP contribution in [0.25, 0.3) is 4.91 Å². The Morgan fingerprint density at radius 3 is 2.39 bits per heavy atom. The van der Waals surface area contributed by atoms with Crippen LogP contribution in [-0.4, -0.2) is 65.2 Å². The zero-order valence-electron chi connectivity index (χ0n) is 23.0. The molecule has 1 heterocycles. The van der Waals surface area contributed by atoms with Gasteiger partial charge in [0.15, 0.2) is 9.84 Å². The molecule has 1 spiro atoms. The Hall–Kier alpha value is -2.71. The first kappa shape index (κ1) is 31.2. The second kappa shape index (κ2) is 12.3. The van der Waals surface area contributed by atoms with Crippen LogP contribution in [0.1, 0.15) is 50.2 Å². The first-order valence-corrected chi connectivity index (χ1v) is 16.8. The van der Waals surface area contributed by atoms with Crippen LogP contribution in [0.4, 0.5) is 8.78 Å². The van der Waals surface area contributed by atoms with Crippen molar-refractivity contribution in [2.45, 2.75) is 62.1 Å². The van der Waals surface area contributed by atoms with E-state index in [9.17, 15) is 30.4 Å². The standard InChI is InChI=1S/C28H35F2N3O6S2/c1-3-33(27(34)25(31)18-39-17-20-15-21(29)9-12-24(20)30)16-23-26(19-7-10-22(11-8-19)40(2,35)36)41(37,38)32-28(23)13-5-4-6-14-28/h7-12,15,25,32H,3-6,13-14,16-18,31H2,1-2H3/t25-/m1/s1. The molecule has 1 atom stereocenters. The van der Waals surface area contributed by atoms with E-state index in [0.717, 1.165) is 43.7 Å². The fourth-order valence-corrected chi connectivity index (χ4v) is 8.11. The number of rotatable bonds is 10. The second-order valence-corrected chi connectivity index (χ2v) is 14.2. The Labute approximate surface area is 239 Å². The van der Waals surface area contributed by atoms with Gasteiger partial charge in [0.2, 0.25) is 15.9 Å². The Balaban J connectivity index is 1.61. The third kappa shape index (κ3) is 6.86. The first-order valence-electron chi connectivity index (χ1n) is 13.4. The van der Waals surface area contributed by atoms with E-state index >= 15 is 0 Å². The van der Waals surface area contributed by atoms with Crippen LogP contribution in [0.15, 0.2) is 52.9 Å². The lowest BCUT2D eigenvalue weighted by atomic mass is 9.76. The van der Waals surface area contributed by atoms with Crippen molar-refractivity contribution >= 4 is 30.7 Å². The van der Waals surface area contributed by atoms with Crippen LogP contribution >= 0.6 is 0 Å². The van der Waals surface area contributed by atoms with Gasteiger partial charge in [0.1, 0.15) is 17.7 Å². The Bertz CT molecular complexity index is 1540. The number of nitrogens with zero attached hydrogens (tertiary/aromatic N) is 1. The molecule has 1 aliphatic carbocycles. The van der Waals surface area contributed by atoms with Crippen LogP contribution in [0.3, 0.4) is 0 Å². The molecule has 1 amide bonds. The highest BCUT2D eigenvalue weighted by molar-refractivity contribution is 7.99. The number of carbonyl (C=O) groups is 1. The lowest BCUT2D eigenvalue weighted by molar-refractivity contribution is -0.133. The van der Waals surface area contributed by atoms with Crippen molar-refractivity contribution in [3.63, 3.8) is 0 Å². The number of halogens is 2. The minimum atomic E-state index is -3.98. The fourth-order valence-electron chi connectivity index (χ4n) is 5.51. The van der Waals surface area contributed by atoms with Crippen molar-refractivity contribution in [2.75, 3.05) is 26.0 Å². The van der Waals surface area contributed by atoms with E-state index in [0.29, 0.717) is 24.0 Å². The summed E-state index contributed by atoms with van der Waals surface area (Å²) < 4.78 is 86.7.